The fourth-order valence-corrected chi connectivity index (χ4v) is 3.84. The van der Waals surface area contributed by atoms with Crippen molar-refractivity contribution in [3.05, 3.63) is 42.0 Å². The van der Waals surface area contributed by atoms with Crippen LogP contribution >= 0.6 is 0 Å². The molecule has 0 bridgehead atoms. The summed E-state index contributed by atoms with van der Waals surface area (Å²) in [7, 11) is 0. The van der Waals surface area contributed by atoms with Crippen molar-refractivity contribution in [2.45, 2.75) is 51.9 Å². The topological polar surface area (TPSA) is 43.1 Å². The second-order valence-electron chi connectivity index (χ2n) is 7.23. The van der Waals surface area contributed by atoms with Gasteiger partial charge in [0.2, 0.25) is 5.69 Å². The molecule has 3 nitrogen and oxygen atoms in total. The fraction of sp³-hybridized carbons (Fsp3) is 0.429. The lowest BCUT2D eigenvalue weighted by atomic mass is 9.80. The van der Waals surface area contributed by atoms with Crippen molar-refractivity contribution in [2.75, 3.05) is 6.54 Å². The zero-order valence-electron chi connectivity index (χ0n) is 14.8. The number of benzene rings is 2. The minimum Gasteiger partial charge on any atom is -0.550 e. The van der Waals surface area contributed by atoms with E-state index in [9.17, 15) is 9.90 Å². The maximum Gasteiger partial charge on any atom is 0.210 e. The number of carboxylic acids is 1. The molecule has 1 aliphatic heterocycles. The lowest BCUT2D eigenvalue weighted by Gasteiger charge is -2.17. The zero-order valence-corrected chi connectivity index (χ0v) is 14.8. The highest BCUT2D eigenvalue weighted by molar-refractivity contribution is 6.01. The number of hydrogen-bond donors (Lipinski definition) is 0. The number of aliphatic carboxylic acids is 1. The van der Waals surface area contributed by atoms with E-state index in [4.69, 9.17) is 0 Å². The molecule has 1 aliphatic rings. The molecule has 3 rings (SSSR count). The van der Waals surface area contributed by atoms with Crippen molar-refractivity contribution in [3.63, 3.8) is 0 Å². The Morgan fingerprint density at radius 3 is 2.58 bits per heavy atom. The third-order valence-corrected chi connectivity index (χ3v) is 5.39. The summed E-state index contributed by atoms with van der Waals surface area (Å²) in [5.74, 6) is -0.947. The number of carboxylic acid groups (broad SMARTS) is 1. The third kappa shape index (κ3) is 2.83. The quantitative estimate of drug-likeness (QED) is 0.603. The molecule has 3 heteroatoms. The van der Waals surface area contributed by atoms with Gasteiger partial charge in [0.05, 0.1) is 5.41 Å². The molecular weight excluding hydrogens is 298 g/mol. The average molecular weight is 323 g/mol. The van der Waals surface area contributed by atoms with Crippen molar-refractivity contribution in [3.8, 4) is 0 Å². The molecule has 0 amide bonds. The van der Waals surface area contributed by atoms with Gasteiger partial charge in [-0.05, 0) is 49.9 Å². The first-order chi connectivity index (χ1) is 11.4. The number of rotatable bonds is 6. The molecule has 2 aromatic rings. The molecule has 24 heavy (non-hydrogen) atoms. The molecule has 0 N–H and O–H groups in total. The number of fused-ring (bicyclic) bond motifs is 3. The summed E-state index contributed by atoms with van der Waals surface area (Å²) in [5.41, 5.74) is 4.10. The van der Waals surface area contributed by atoms with E-state index in [1.165, 1.54) is 27.7 Å². The molecule has 0 saturated heterocycles. The molecule has 0 fully saturated rings. The Morgan fingerprint density at radius 2 is 1.83 bits per heavy atom. The van der Waals surface area contributed by atoms with Crippen LogP contribution in [0.4, 0.5) is 5.69 Å². The Bertz CT molecular complexity index is 818. The summed E-state index contributed by atoms with van der Waals surface area (Å²) >= 11 is 0. The number of carbonyl (C=O) groups is 1. The molecule has 0 spiro atoms. The minimum atomic E-state index is -0.947. The Labute approximate surface area is 143 Å². The van der Waals surface area contributed by atoms with E-state index >= 15 is 0 Å². The van der Waals surface area contributed by atoms with Crippen molar-refractivity contribution in [1.29, 1.82) is 0 Å². The number of hydrogen-bond acceptors (Lipinski definition) is 2. The van der Waals surface area contributed by atoms with Crippen molar-refractivity contribution in [2.24, 2.45) is 0 Å². The summed E-state index contributed by atoms with van der Waals surface area (Å²) in [4.78, 5) is 10.5. The summed E-state index contributed by atoms with van der Waals surface area (Å²) in [5, 5.41) is 13.1. The summed E-state index contributed by atoms with van der Waals surface area (Å²) in [6.07, 6.45) is 2.77. The minimum absolute atomic E-state index is 0.0151. The Hall–Kier alpha value is -2.16. The van der Waals surface area contributed by atoms with E-state index in [0.29, 0.717) is 6.42 Å². The predicted octanol–water partition coefficient (Wildman–Crippen LogP) is 3.55. The molecule has 126 valence electrons. The van der Waals surface area contributed by atoms with Gasteiger partial charge >= 0.3 is 0 Å². The van der Waals surface area contributed by atoms with Crippen LogP contribution in [0.3, 0.4) is 0 Å². The van der Waals surface area contributed by atoms with Crippen LogP contribution in [0, 0.1) is 0 Å². The van der Waals surface area contributed by atoms with Gasteiger partial charge in [-0.2, -0.15) is 4.58 Å². The first-order valence-corrected chi connectivity index (χ1v) is 8.76. The second-order valence-corrected chi connectivity index (χ2v) is 7.23. The summed E-state index contributed by atoms with van der Waals surface area (Å²) in [6, 6.07) is 13.0. The first-order valence-electron chi connectivity index (χ1n) is 8.76. The van der Waals surface area contributed by atoms with Gasteiger partial charge in [-0.1, -0.05) is 24.3 Å². The SMILES string of the molecule is CC1=[N+](CCCCCC(=O)[O-])c2ccc3ccccc3c2C1(C)C. The lowest BCUT2D eigenvalue weighted by molar-refractivity contribution is -0.439. The average Bonchev–Trinajstić information content (AvgIpc) is 2.75. The largest absolute Gasteiger partial charge is 0.550 e. The maximum absolute atomic E-state index is 10.5. The molecule has 0 saturated carbocycles. The van der Waals surface area contributed by atoms with Crippen LogP contribution < -0.4 is 5.11 Å². The van der Waals surface area contributed by atoms with Crippen LogP contribution in [0.2, 0.25) is 0 Å². The zero-order chi connectivity index (χ0) is 17.3. The van der Waals surface area contributed by atoms with Crippen LogP contribution in [0.1, 0.15) is 52.0 Å². The van der Waals surface area contributed by atoms with Gasteiger partial charge in [0.15, 0.2) is 5.71 Å². The summed E-state index contributed by atoms with van der Waals surface area (Å²) in [6.45, 7) is 7.75. The summed E-state index contributed by atoms with van der Waals surface area (Å²) < 4.78 is 2.42. The highest BCUT2D eigenvalue weighted by Crippen LogP contribution is 2.43. The van der Waals surface area contributed by atoms with Gasteiger partial charge in [-0.3, -0.25) is 0 Å². The predicted molar refractivity (Wildman–Crippen MR) is 95.9 cm³/mol. The van der Waals surface area contributed by atoms with E-state index in [2.05, 4.69) is 61.7 Å². The van der Waals surface area contributed by atoms with E-state index in [-0.39, 0.29) is 11.8 Å². The van der Waals surface area contributed by atoms with E-state index < -0.39 is 5.97 Å². The molecule has 0 aromatic heterocycles. The molecule has 0 radical (unpaired) electrons. The lowest BCUT2D eigenvalue weighted by Crippen LogP contribution is -2.27. The van der Waals surface area contributed by atoms with Crippen molar-refractivity contribution in [1.82, 2.24) is 0 Å². The first kappa shape index (κ1) is 16.7. The van der Waals surface area contributed by atoms with Gasteiger partial charge in [-0.25, -0.2) is 0 Å². The van der Waals surface area contributed by atoms with E-state index in [1.807, 2.05) is 0 Å². The second kappa shape index (κ2) is 6.39. The highest BCUT2D eigenvalue weighted by Gasteiger charge is 2.43. The standard InChI is InChI=1S/C21H25NO2/c1-15-21(2,3)20-17-10-7-6-9-16(17)12-13-18(20)22(15)14-8-4-5-11-19(23)24/h6-7,9-10,12-13H,4-5,8,11,14H2,1-3H3. The molecule has 2 aromatic carbocycles. The molecule has 0 atom stereocenters. The smallest absolute Gasteiger partial charge is 0.210 e. The Kier molecular flexibility index (Phi) is 4.44. The fourth-order valence-electron chi connectivity index (χ4n) is 3.84. The monoisotopic (exact) mass is 323 g/mol. The Morgan fingerprint density at radius 1 is 1.08 bits per heavy atom. The highest BCUT2D eigenvalue weighted by atomic mass is 16.4. The Balaban J connectivity index is 1.88. The van der Waals surface area contributed by atoms with E-state index in [1.54, 1.807) is 0 Å². The third-order valence-electron chi connectivity index (χ3n) is 5.39. The van der Waals surface area contributed by atoms with Crippen LogP contribution in [-0.4, -0.2) is 22.8 Å². The number of nitrogens with zero attached hydrogens (tertiary/aromatic N) is 1. The number of carbonyl (C=O) groups excluding carboxylic acids is 1. The number of unbranched alkanes of at least 4 members (excludes halogenated alkanes) is 2. The van der Waals surface area contributed by atoms with Crippen LogP contribution in [0.15, 0.2) is 36.4 Å². The van der Waals surface area contributed by atoms with Crippen LogP contribution in [-0.2, 0) is 10.2 Å². The van der Waals surface area contributed by atoms with Crippen LogP contribution in [0.25, 0.3) is 10.8 Å². The van der Waals surface area contributed by atoms with Crippen molar-refractivity contribution < 1.29 is 14.5 Å². The van der Waals surface area contributed by atoms with Gasteiger partial charge in [-0.15, -0.1) is 0 Å². The van der Waals surface area contributed by atoms with Crippen LogP contribution in [0.5, 0.6) is 0 Å². The van der Waals surface area contributed by atoms with E-state index in [0.717, 1.165) is 19.4 Å². The van der Waals surface area contributed by atoms with Gasteiger partial charge in [0.1, 0.15) is 6.54 Å². The molecular formula is C21H25NO2. The molecule has 0 aliphatic carbocycles. The van der Waals surface area contributed by atoms with Gasteiger partial charge < -0.3 is 9.90 Å². The molecule has 0 unspecified atom stereocenters. The maximum atomic E-state index is 10.5. The molecule has 1 heterocycles. The normalized spacial score (nSPS) is 15.8. The van der Waals surface area contributed by atoms with Crippen molar-refractivity contribution >= 4 is 28.1 Å². The van der Waals surface area contributed by atoms with Gasteiger partial charge in [0.25, 0.3) is 0 Å². The van der Waals surface area contributed by atoms with Gasteiger partial charge in [0, 0.05) is 30.9 Å².